The fraction of sp³-hybridized carbons (Fsp3) is 0.357. The Morgan fingerprint density at radius 1 is 1.17 bits per heavy atom. The third kappa shape index (κ3) is 2.67. The van der Waals surface area contributed by atoms with E-state index in [2.05, 4.69) is 0 Å². The van der Waals surface area contributed by atoms with E-state index >= 15 is 0 Å². The zero-order valence-corrected chi connectivity index (χ0v) is 11.2. The molecule has 0 bridgehead atoms. The molecule has 96 valence electrons. The van der Waals surface area contributed by atoms with Crippen LogP contribution in [0.3, 0.4) is 0 Å². The average Bonchev–Trinajstić information content (AvgIpc) is 2.36. The zero-order chi connectivity index (χ0) is 13.1. The second kappa shape index (κ2) is 5.44. The van der Waals surface area contributed by atoms with Gasteiger partial charge in [-0.1, -0.05) is 17.7 Å². The van der Waals surface area contributed by atoms with E-state index in [1.165, 1.54) is 6.08 Å². The van der Waals surface area contributed by atoms with Crippen LogP contribution in [0.15, 0.2) is 29.3 Å². The minimum atomic E-state index is 0.0750. The summed E-state index contributed by atoms with van der Waals surface area (Å²) in [4.78, 5) is 11.5. The molecule has 1 aromatic carbocycles. The Bertz CT molecular complexity index is 494. The van der Waals surface area contributed by atoms with Gasteiger partial charge < -0.3 is 9.47 Å². The summed E-state index contributed by atoms with van der Waals surface area (Å²) in [5, 5.41) is 0.617. The molecule has 0 amide bonds. The number of benzene rings is 1. The van der Waals surface area contributed by atoms with Crippen molar-refractivity contribution in [2.45, 2.75) is 18.8 Å². The molecule has 0 N–H and O–H groups in total. The topological polar surface area (TPSA) is 35.5 Å². The molecule has 0 heterocycles. The molecule has 4 heteroatoms. The van der Waals surface area contributed by atoms with Crippen LogP contribution in [0.4, 0.5) is 0 Å². The molecular weight excluding hydrogens is 252 g/mol. The maximum Gasteiger partial charge on any atom is 0.160 e. The molecule has 1 aromatic rings. The lowest BCUT2D eigenvalue weighted by molar-refractivity contribution is -0.115. The summed E-state index contributed by atoms with van der Waals surface area (Å²) in [5.41, 5.74) is 1.05. The lowest BCUT2D eigenvalue weighted by atomic mass is 9.87. The normalized spacial score (nSPS) is 19.4. The highest BCUT2D eigenvalue weighted by atomic mass is 35.5. The van der Waals surface area contributed by atoms with Gasteiger partial charge >= 0.3 is 0 Å². The summed E-state index contributed by atoms with van der Waals surface area (Å²) in [6.45, 7) is 0. The van der Waals surface area contributed by atoms with Crippen molar-refractivity contribution in [2.75, 3.05) is 14.2 Å². The SMILES string of the molecule is COc1ccc([C@H]2CC(=O)C=C(Cl)C2)cc1OC. The predicted octanol–water partition coefficient (Wildman–Crippen LogP) is 3.27. The van der Waals surface area contributed by atoms with Gasteiger partial charge in [-0.3, -0.25) is 4.79 Å². The van der Waals surface area contributed by atoms with Crippen LogP contribution in [0.5, 0.6) is 11.5 Å². The van der Waals surface area contributed by atoms with E-state index in [1.807, 2.05) is 18.2 Å². The summed E-state index contributed by atoms with van der Waals surface area (Å²) in [6, 6.07) is 5.71. The first-order valence-electron chi connectivity index (χ1n) is 5.75. The standard InChI is InChI=1S/C14H15ClO3/c1-17-13-4-3-9(7-14(13)18-2)10-5-11(15)8-12(16)6-10/h3-4,7-8,10H,5-6H2,1-2H3/t10-/m1/s1. The molecule has 0 aliphatic heterocycles. The fourth-order valence-electron chi connectivity index (χ4n) is 2.19. The third-order valence-corrected chi connectivity index (χ3v) is 3.35. The maximum absolute atomic E-state index is 11.5. The smallest absolute Gasteiger partial charge is 0.160 e. The Hall–Kier alpha value is -1.48. The first-order valence-corrected chi connectivity index (χ1v) is 6.12. The van der Waals surface area contributed by atoms with Crippen molar-refractivity contribution in [2.24, 2.45) is 0 Å². The van der Waals surface area contributed by atoms with Crippen molar-refractivity contribution < 1.29 is 14.3 Å². The number of hydrogen-bond donors (Lipinski definition) is 0. The highest BCUT2D eigenvalue weighted by Crippen LogP contribution is 2.37. The van der Waals surface area contributed by atoms with E-state index in [0.29, 0.717) is 29.4 Å². The molecule has 0 spiro atoms. The van der Waals surface area contributed by atoms with Crippen molar-refractivity contribution in [3.05, 3.63) is 34.9 Å². The van der Waals surface area contributed by atoms with Crippen LogP contribution in [0.1, 0.15) is 24.3 Å². The van der Waals surface area contributed by atoms with Gasteiger partial charge in [0.25, 0.3) is 0 Å². The highest BCUT2D eigenvalue weighted by molar-refractivity contribution is 6.31. The fourth-order valence-corrected chi connectivity index (χ4v) is 2.49. The lowest BCUT2D eigenvalue weighted by Crippen LogP contribution is -2.11. The van der Waals surface area contributed by atoms with E-state index in [-0.39, 0.29) is 11.7 Å². The minimum absolute atomic E-state index is 0.0750. The number of hydrogen-bond acceptors (Lipinski definition) is 3. The van der Waals surface area contributed by atoms with Crippen LogP contribution >= 0.6 is 11.6 Å². The molecule has 0 fully saturated rings. The largest absolute Gasteiger partial charge is 0.493 e. The second-order valence-corrected chi connectivity index (χ2v) is 4.76. The predicted molar refractivity (Wildman–Crippen MR) is 70.5 cm³/mol. The van der Waals surface area contributed by atoms with Crippen LogP contribution in [0.25, 0.3) is 0 Å². The van der Waals surface area contributed by atoms with Crippen LogP contribution in [-0.2, 0) is 4.79 Å². The summed E-state index contributed by atoms with van der Waals surface area (Å²) in [7, 11) is 3.20. The molecule has 3 nitrogen and oxygen atoms in total. The second-order valence-electron chi connectivity index (χ2n) is 4.28. The zero-order valence-electron chi connectivity index (χ0n) is 10.4. The van der Waals surface area contributed by atoms with Gasteiger partial charge in [0.2, 0.25) is 0 Å². The Morgan fingerprint density at radius 3 is 2.50 bits per heavy atom. The number of rotatable bonds is 3. The van der Waals surface area contributed by atoms with Crippen molar-refractivity contribution in [1.82, 2.24) is 0 Å². The molecule has 1 aliphatic rings. The number of carbonyl (C=O) groups excluding carboxylic acids is 1. The first-order chi connectivity index (χ1) is 8.63. The number of halogens is 1. The molecule has 0 unspecified atom stereocenters. The van der Waals surface area contributed by atoms with Crippen LogP contribution < -0.4 is 9.47 Å². The van der Waals surface area contributed by atoms with Crippen molar-refractivity contribution in [1.29, 1.82) is 0 Å². The van der Waals surface area contributed by atoms with E-state index < -0.39 is 0 Å². The molecule has 0 aromatic heterocycles. The Kier molecular flexibility index (Phi) is 3.92. The van der Waals surface area contributed by atoms with E-state index in [4.69, 9.17) is 21.1 Å². The van der Waals surface area contributed by atoms with Crippen molar-refractivity contribution in [3.8, 4) is 11.5 Å². The molecule has 0 saturated heterocycles. The third-order valence-electron chi connectivity index (χ3n) is 3.09. The van der Waals surface area contributed by atoms with Gasteiger partial charge in [-0.25, -0.2) is 0 Å². The summed E-state index contributed by atoms with van der Waals surface area (Å²) in [5.74, 6) is 1.55. The molecule has 2 rings (SSSR count). The molecule has 1 aliphatic carbocycles. The van der Waals surface area contributed by atoms with Gasteiger partial charge in [0.15, 0.2) is 17.3 Å². The summed E-state index contributed by atoms with van der Waals surface area (Å²) >= 11 is 5.97. The van der Waals surface area contributed by atoms with Crippen molar-refractivity contribution in [3.63, 3.8) is 0 Å². The molecule has 1 atom stereocenters. The van der Waals surface area contributed by atoms with E-state index in [9.17, 15) is 4.79 Å². The maximum atomic E-state index is 11.5. The quantitative estimate of drug-likeness (QED) is 0.842. The van der Waals surface area contributed by atoms with Crippen molar-refractivity contribution >= 4 is 17.4 Å². The average molecular weight is 267 g/mol. The van der Waals surface area contributed by atoms with Gasteiger partial charge in [0.1, 0.15) is 0 Å². The number of carbonyl (C=O) groups is 1. The Morgan fingerprint density at radius 2 is 1.89 bits per heavy atom. The molecule has 0 saturated carbocycles. The monoisotopic (exact) mass is 266 g/mol. The summed E-state index contributed by atoms with van der Waals surface area (Å²) < 4.78 is 10.5. The van der Waals surface area contributed by atoms with E-state index in [1.54, 1.807) is 14.2 Å². The Balaban J connectivity index is 2.29. The lowest BCUT2D eigenvalue weighted by Gasteiger charge is -2.20. The van der Waals surface area contributed by atoms with Gasteiger partial charge in [-0.15, -0.1) is 0 Å². The highest BCUT2D eigenvalue weighted by Gasteiger charge is 2.22. The van der Waals surface area contributed by atoms with Crippen LogP contribution in [0, 0.1) is 0 Å². The first kappa shape index (κ1) is 13.0. The van der Waals surface area contributed by atoms with Crippen LogP contribution in [0.2, 0.25) is 0 Å². The number of ketones is 1. The number of allylic oxidation sites excluding steroid dienone is 2. The van der Waals surface area contributed by atoms with Crippen LogP contribution in [-0.4, -0.2) is 20.0 Å². The molecule has 0 radical (unpaired) electrons. The number of ether oxygens (including phenoxy) is 2. The molecule has 18 heavy (non-hydrogen) atoms. The van der Waals surface area contributed by atoms with Gasteiger partial charge in [-0.05, 0) is 36.1 Å². The molecular formula is C14H15ClO3. The minimum Gasteiger partial charge on any atom is -0.493 e. The van der Waals surface area contributed by atoms with E-state index in [0.717, 1.165) is 5.56 Å². The number of methoxy groups -OCH3 is 2. The van der Waals surface area contributed by atoms with Gasteiger partial charge in [0, 0.05) is 11.5 Å². The summed E-state index contributed by atoms with van der Waals surface area (Å²) in [6.07, 6.45) is 2.70. The van der Waals surface area contributed by atoms with Gasteiger partial charge in [-0.2, -0.15) is 0 Å². The Labute approximate surface area is 111 Å². The van der Waals surface area contributed by atoms with Gasteiger partial charge in [0.05, 0.1) is 14.2 Å².